The van der Waals surface area contributed by atoms with Crippen molar-refractivity contribution < 1.29 is 9.84 Å². The van der Waals surface area contributed by atoms with Crippen molar-refractivity contribution in [3.05, 3.63) is 12.4 Å². The van der Waals surface area contributed by atoms with Gasteiger partial charge in [-0.2, -0.15) is 5.10 Å². The molecule has 1 aromatic heterocycles. The predicted molar refractivity (Wildman–Crippen MR) is 59.9 cm³/mol. The van der Waals surface area contributed by atoms with Gasteiger partial charge in [-0.3, -0.25) is 9.58 Å². The van der Waals surface area contributed by atoms with E-state index in [9.17, 15) is 0 Å². The van der Waals surface area contributed by atoms with Gasteiger partial charge in [-0.25, -0.2) is 0 Å². The minimum Gasteiger partial charge on any atom is -0.396 e. The van der Waals surface area contributed by atoms with Crippen molar-refractivity contribution in [2.45, 2.75) is 12.6 Å². The number of anilines is 1. The van der Waals surface area contributed by atoms with Gasteiger partial charge in [-0.05, 0) is 0 Å². The molecule has 1 unspecified atom stereocenters. The standard InChI is InChI=1S/C10H18N4O2/c11-9-5-12-14(6-9)2-1-13-3-4-16-10(7-13)8-15/h5-6,10,15H,1-4,7-8,11H2. The average Bonchev–Trinajstić information content (AvgIpc) is 2.73. The molecule has 0 radical (unpaired) electrons. The Balaban J connectivity index is 1.77. The topological polar surface area (TPSA) is 76.5 Å². The van der Waals surface area contributed by atoms with Crippen molar-refractivity contribution in [1.29, 1.82) is 0 Å². The lowest BCUT2D eigenvalue weighted by molar-refractivity contribution is -0.0534. The molecule has 16 heavy (non-hydrogen) atoms. The molecule has 6 heteroatoms. The molecule has 0 aromatic carbocycles. The lowest BCUT2D eigenvalue weighted by Crippen LogP contribution is -2.45. The number of aliphatic hydroxyl groups excluding tert-OH is 1. The van der Waals surface area contributed by atoms with E-state index in [0.29, 0.717) is 12.3 Å². The van der Waals surface area contributed by atoms with Crippen molar-refractivity contribution in [1.82, 2.24) is 14.7 Å². The molecule has 0 spiro atoms. The van der Waals surface area contributed by atoms with Crippen LogP contribution in [0.4, 0.5) is 5.69 Å². The van der Waals surface area contributed by atoms with Gasteiger partial charge in [0.25, 0.3) is 0 Å². The Hall–Kier alpha value is -1.11. The molecule has 1 aromatic rings. The first kappa shape index (κ1) is 11.4. The third-order valence-electron chi connectivity index (χ3n) is 2.73. The summed E-state index contributed by atoms with van der Waals surface area (Å²) in [5, 5.41) is 13.1. The van der Waals surface area contributed by atoms with Gasteiger partial charge in [0.2, 0.25) is 0 Å². The van der Waals surface area contributed by atoms with E-state index in [2.05, 4.69) is 10.00 Å². The molecule has 1 aliphatic heterocycles. The molecule has 0 bridgehead atoms. The van der Waals surface area contributed by atoms with Crippen LogP contribution in [0.3, 0.4) is 0 Å². The van der Waals surface area contributed by atoms with Gasteiger partial charge in [-0.1, -0.05) is 0 Å². The van der Waals surface area contributed by atoms with Gasteiger partial charge >= 0.3 is 0 Å². The molecule has 6 nitrogen and oxygen atoms in total. The Morgan fingerprint density at radius 3 is 3.12 bits per heavy atom. The van der Waals surface area contributed by atoms with E-state index in [4.69, 9.17) is 15.6 Å². The van der Waals surface area contributed by atoms with Gasteiger partial charge in [-0.15, -0.1) is 0 Å². The summed E-state index contributed by atoms with van der Waals surface area (Å²) in [5.74, 6) is 0. The zero-order valence-corrected chi connectivity index (χ0v) is 9.25. The summed E-state index contributed by atoms with van der Waals surface area (Å²) in [6, 6.07) is 0. The SMILES string of the molecule is Nc1cnn(CCN2CCOC(CO)C2)c1. The smallest absolute Gasteiger partial charge is 0.0932 e. The molecule has 0 saturated carbocycles. The minimum atomic E-state index is -0.0450. The Morgan fingerprint density at radius 1 is 1.56 bits per heavy atom. The van der Waals surface area contributed by atoms with E-state index in [-0.39, 0.29) is 12.7 Å². The monoisotopic (exact) mass is 226 g/mol. The number of nitrogens with two attached hydrogens (primary N) is 1. The average molecular weight is 226 g/mol. The van der Waals surface area contributed by atoms with Crippen molar-refractivity contribution >= 4 is 5.69 Å². The van der Waals surface area contributed by atoms with Crippen LogP contribution in [-0.4, -0.2) is 58.7 Å². The molecule has 0 amide bonds. The van der Waals surface area contributed by atoms with Crippen LogP contribution >= 0.6 is 0 Å². The third kappa shape index (κ3) is 2.94. The molecular formula is C10H18N4O2. The van der Waals surface area contributed by atoms with Gasteiger partial charge in [0.1, 0.15) is 0 Å². The Labute approximate surface area is 94.6 Å². The fourth-order valence-electron chi connectivity index (χ4n) is 1.84. The molecule has 3 N–H and O–H groups in total. The molecule has 1 fully saturated rings. The number of rotatable bonds is 4. The van der Waals surface area contributed by atoms with Crippen molar-refractivity contribution in [3.63, 3.8) is 0 Å². The highest BCUT2D eigenvalue weighted by Gasteiger charge is 2.19. The fourth-order valence-corrected chi connectivity index (χ4v) is 1.84. The Kier molecular flexibility index (Phi) is 3.76. The number of aromatic nitrogens is 2. The Bertz CT molecular complexity index is 328. The first-order valence-electron chi connectivity index (χ1n) is 5.50. The van der Waals surface area contributed by atoms with Crippen LogP contribution in [0.2, 0.25) is 0 Å². The number of hydrogen-bond donors (Lipinski definition) is 2. The van der Waals surface area contributed by atoms with Crippen molar-refractivity contribution in [2.24, 2.45) is 0 Å². The maximum absolute atomic E-state index is 9.01. The number of morpholine rings is 1. The van der Waals surface area contributed by atoms with Crippen LogP contribution in [0.25, 0.3) is 0 Å². The second kappa shape index (κ2) is 5.29. The second-order valence-corrected chi connectivity index (χ2v) is 4.01. The zero-order chi connectivity index (χ0) is 11.4. The lowest BCUT2D eigenvalue weighted by atomic mass is 10.3. The van der Waals surface area contributed by atoms with Crippen molar-refractivity contribution in [2.75, 3.05) is 38.6 Å². The quantitative estimate of drug-likeness (QED) is 0.700. The lowest BCUT2D eigenvalue weighted by Gasteiger charge is -2.31. The minimum absolute atomic E-state index is 0.0450. The van der Waals surface area contributed by atoms with Gasteiger partial charge in [0.05, 0.1) is 37.7 Å². The summed E-state index contributed by atoms with van der Waals surface area (Å²) in [6.07, 6.45) is 3.43. The molecule has 2 rings (SSSR count). The number of hydrogen-bond acceptors (Lipinski definition) is 5. The second-order valence-electron chi connectivity index (χ2n) is 4.01. The van der Waals surface area contributed by atoms with E-state index in [0.717, 1.165) is 26.2 Å². The highest BCUT2D eigenvalue weighted by Crippen LogP contribution is 2.05. The van der Waals surface area contributed by atoms with E-state index in [1.165, 1.54) is 0 Å². The van der Waals surface area contributed by atoms with Crippen LogP contribution in [0.5, 0.6) is 0 Å². The largest absolute Gasteiger partial charge is 0.396 e. The summed E-state index contributed by atoms with van der Waals surface area (Å²) in [4.78, 5) is 2.27. The number of ether oxygens (including phenoxy) is 1. The van der Waals surface area contributed by atoms with Gasteiger partial charge in [0, 0.05) is 25.8 Å². The zero-order valence-electron chi connectivity index (χ0n) is 9.25. The molecule has 1 saturated heterocycles. The maximum Gasteiger partial charge on any atom is 0.0932 e. The maximum atomic E-state index is 9.01. The van der Waals surface area contributed by atoms with Crippen LogP contribution in [0, 0.1) is 0 Å². The molecule has 1 aliphatic rings. The van der Waals surface area contributed by atoms with E-state index in [1.807, 2.05) is 10.9 Å². The molecule has 1 atom stereocenters. The normalized spacial score (nSPS) is 22.4. The number of nitrogens with zero attached hydrogens (tertiary/aromatic N) is 3. The Morgan fingerprint density at radius 2 is 2.44 bits per heavy atom. The highest BCUT2D eigenvalue weighted by atomic mass is 16.5. The van der Waals surface area contributed by atoms with E-state index < -0.39 is 0 Å². The summed E-state index contributed by atoms with van der Waals surface area (Å²) in [5.41, 5.74) is 6.27. The molecule has 90 valence electrons. The van der Waals surface area contributed by atoms with Crippen LogP contribution in [0.15, 0.2) is 12.4 Å². The predicted octanol–water partition coefficient (Wildman–Crippen LogP) is -0.842. The van der Waals surface area contributed by atoms with Crippen LogP contribution in [0.1, 0.15) is 0 Å². The highest BCUT2D eigenvalue weighted by molar-refractivity contribution is 5.30. The summed E-state index contributed by atoms with van der Waals surface area (Å²) in [7, 11) is 0. The van der Waals surface area contributed by atoms with Gasteiger partial charge < -0.3 is 15.6 Å². The fraction of sp³-hybridized carbons (Fsp3) is 0.700. The van der Waals surface area contributed by atoms with Gasteiger partial charge in [0.15, 0.2) is 0 Å². The van der Waals surface area contributed by atoms with E-state index >= 15 is 0 Å². The third-order valence-corrected chi connectivity index (χ3v) is 2.73. The van der Waals surface area contributed by atoms with Crippen molar-refractivity contribution in [3.8, 4) is 0 Å². The summed E-state index contributed by atoms with van der Waals surface area (Å²) >= 11 is 0. The first-order valence-corrected chi connectivity index (χ1v) is 5.50. The van der Waals surface area contributed by atoms with E-state index in [1.54, 1.807) is 6.20 Å². The van der Waals surface area contributed by atoms with Crippen LogP contribution in [-0.2, 0) is 11.3 Å². The summed E-state index contributed by atoms with van der Waals surface area (Å²) < 4.78 is 7.21. The van der Waals surface area contributed by atoms with Crippen LogP contribution < -0.4 is 5.73 Å². The number of nitrogen functional groups attached to an aromatic ring is 1. The molecular weight excluding hydrogens is 208 g/mol. The molecule has 2 heterocycles. The number of aliphatic hydroxyl groups is 1. The molecule has 0 aliphatic carbocycles. The summed E-state index contributed by atoms with van der Waals surface area (Å²) in [6.45, 7) is 4.19. The first-order chi connectivity index (χ1) is 7.78.